The average Bonchev–Trinajstić information content (AvgIpc) is 2.71. The van der Waals surface area contributed by atoms with Crippen molar-refractivity contribution in [3.05, 3.63) is 40.2 Å². The van der Waals surface area contributed by atoms with Crippen molar-refractivity contribution in [3.63, 3.8) is 0 Å². The van der Waals surface area contributed by atoms with Gasteiger partial charge in [0.05, 0.1) is 5.69 Å². The first-order chi connectivity index (χ1) is 7.58. The first kappa shape index (κ1) is 10.9. The van der Waals surface area contributed by atoms with Gasteiger partial charge < -0.3 is 0 Å². The molecular formula is C11H7F2NOS. The molecule has 0 N–H and O–H groups in total. The third-order valence-corrected chi connectivity index (χ3v) is 2.96. The maximum absolute atomic E-state index is 13.0. The molecule has 0 radical (unpaired) electrons. The van der Waals surface area contributed by atoms with Crippen molar-refractivity contribution in [1.82, 2.24) is 4.98 Å². The van der Waals surface area contributed by atoms with Gasteiger partial charge in [0.2, 0.25) is 0 Å². The molecule has 2 aromatic rings. The van der Waals surface area contributed by atoms with E-state index in [2.05, 4.69) is 4.98 Å². The largest absolute Gasteiger partial charge is 0.292 e. The predicted molar refractivity (Wildman–Crippen MR) is 57.5 cm³/mol. The first-order valence-electron chi connectivity index (χ1n) is 4.50. The van der Waals surface area contributed by atoms with Gasteiger partial charge in [-0.2, -0.15) is 0 Å². The summed E-state index contributed by atoms with van der Waals surface area (Å²) in [6.45, 7) is 1.41. The topological polar surface area (TPSA) is 30.0 Å². The molecule has 0 saturated carbocycles. The van der Waals surface area contributed by atoms with Gasteiger partial charge in [-0.3, -0.25) is 4.79 Å². The van der Waals surface area contributed by atoms with Gasteiger partial charge in [0, 0.05) is 17.9 Å². The molecule has 5 heteroatoms. The minimum atomic E-state index is -0.921. The van der Waals surface area contributed by atoms with Crippen LogP contribution in [0.2, 0.25) is 0 Å². The van der Waals surface area contributed by atoms with Crippen LogP contribution in [0.5, 0.6) is 0 Å². The Bertz CT molecular complexity index is 551. The molecule has 2 rings (SSSR count). The molecule has 0 atom stereocenters. The Morgan fingerprint density at radius 3 is 2.62 bits per heavy atom. The van der Waals surface area contributed by atoms with E-state index >= 15 is 0 Å². The highest BCUT2D eigenvalue weighted by Gasteiger charge is 2.10. The van der Waals surface area contributed by atoms with Crippen LogP contribution in [0.4, 0.5) is 8.78 Å². The Balaban J connectivity index is 2.42. The van der Waals surface area contributed by atoms with Crippen LogP contribution in [0, 0.1) is 11.6 Å². The molecule has 0 spiro atoms. The van der Waals surface area contributed by atoms with E-state index in [1.807, 2.05) is 0 Å². The smallest absolute Gasteiger partial charge is 0.188 e. The van der Waals surface area contributed by atoms with Crippen molar-refractivity contribution in [2.45, 2.75) is 6.92 Å². The van der Waals surface area contributed by atoms with Gasteiger partial charge >= 0.3 is 0 Å². The molecule has 1 heterocycles. The Morgan fingerprint density at radius 1 is 1.31 bits per heavy atom. The zero-order valence-corrected chi connectivity index (χ0v) is 9.15. The van der Waals surface area contributed by atoms with Gasteiger partial charge in [-0.25, -0.2) is 13.8 Å². The number of ketones is 1. The van der Waals surface area contributed by atoms with Crippen LogP contribution in [0.3, 0.4) is 0 Å². The van der Waals surface area contributed by atoms with Gasteiger partial charge in [-0.05, 0) is 18.2 Å². The number of hydrogen-bond acceptors (Lipinski definition) is 3. The van der Waals surface area contributed by atoms with Crippen LogP contribution in [0.25, 0.3) is 11.3 Å². The van der Waals surface area contributed by atoms with Crippen molar-refractivity contribution < 1.29 is 13.6 Å². The van der Waals surface area contributed by atoms with E-state index in [9.17, 15) is 13.6 Å². The highest BCUT2D eigenvalue weighted by molar-refractivity contribution is 7.12. The summed E-state index contributed by atoms with van der Waals surface area (Å²) in [4.78, 5) is 15.1. The molecule has 0 unspecified atom stereocenters. The number of benzene rings is 1. The zero-order chi connectivity index (χ0) is 11.7. The standard InChI is InChI=1S/C11H7F2NOS/c1-6(15)11-14-10(5-16-11)7-2-3-8(12)9(13)4-7/h2-5H,1H3. The minimum absolute atomic E-state index is 0.140. The molecule has 0 aliphatic heterocycles. The molecule has 0 aliphatic rings. The number of nitrogens with zero attached hydrogens (tertiary/aromatic N) is 1. The second-order valence-corrected chi connectivity index (χ2v) is 4.08. The molecule has 82 valence electrons. The number of hydrogen-bond donors (Lipinski definition) is 0. The number of rotatable bonds is 2. The Labute approximate surface area is 94.6 Å². The van der Waals surface area contributed by atoms with E-state index in [-0.39, 0.29) is 5.78 Å². The van der Waals surface area contributed by atoms with Crippen molar-refractivity contribution in [3.8, 4) is 11.3 Å². The fourth-order valence-corrected chi connectivity index (χ4v) is 1.95. The minimum Gasteiger partial charge on any atom is -0.292 e. The fourth-order valence-electron chi connectivity index (χ4n) is 1.22. The maximum atomic E-state index is 13.0. The molecule has 0 bridgehead atoms. The van der Waals surface area contributed by atoms with Crippen molar-refractivity contribution in [2.75, 3.05) is 0 Å². The summed E-state index contributed by atoms with van der Waals surface area (Å²) in [5.41, 5.74) is 0.941. The van der Waals surface area contributed by atoms with Crippen molar-refractivity contribution in [1.29, 1.82) is 0 Å². The number of carbonyl (C=O) groups is 1. The molecule has 2 nitrogen and oxygen atoms in total. The van der Waals surface area contributed by atoms with Crippen molar-refractivity contribution >= 4 is 17.1 Å². The van der Waals surface area contributed by atoms with Gasteiger partial charge in [0.15, 0.2) is 22.4 Å². The molecular weight excluding hydrogens is 232 g/mol. The lowest BCUT2D eigenvalue weighted by molar-refractivity contribution is 0.101. The summed E-state index contributed by atoms with van der Waals surface area (Å²) in [5, 5.41) is 2.00. The van der Waals surface area contributed by atoms with Crippen LogP contribution in [-0.4, -0.2) is 10.8 Å². The first-order valence-corrected chi connectivity index (χ1v) is 5.38. The van der Waals surface area contributed by atoms with Crippen LogP contribution in [0.15, 0.2) is 23.6 Å². The highest BCUT2D eigenvalue weighted by Crippen LogP contribution is 2.23. The third kappa shape index (κ3) is 1.99. The Kier molecular flexibility index (Phi) is 2.78. The van der Waals surface area contributed by atoms with E-state index < -0.39 is 11.6 Å². The van der Waals surface area contributed by atoms with Crippen LogP contribution in [0.1, 0.15) is 16.7 Å². The summed E-state index contributed by atoms with van der Waals surface area (Å²) in [6, 6.07) is 3.53. The lowest BCUT2D eigenvalue weighted by Gasteiger charge is -1.97. The van der Waals surface area contributed by atoms with Crippen LogP contribution in [-0.2, 0) is 0 Å². The number of halogens is 2. The van der Waals surface area contributed by atoms with E-state index in [0.717, 1.165) is 12.1 Å². The second-order valence-electron chi connectivity index (χ2n) is 3.22. The summed E-state index contributed by atoms with van der Waals surface area (Å²) in [6.07, 6.45) is 0. The Morgan fingerprint density at radius 2 is 2.06 bits per heavy atom. The number of aromatic nitrogens is 1. The molecule has 0 aliphatic carbocycles. The van der Waals surface area contributed by atoms with E-state index in [1.54, 1.807) is 5.38 Å². The molecule has 1 aromatic carbocycles. The molecule has 0 fully saturated rings. The summed E-state index contributed by atoms with van der Waals surface area (Å²) in [5.74, 6) is -1.96. The van der Waals surface area contributed by atoms with Crippen molar-refractivity contribution in [2.24, 2.45) is 0 Å². The Hall–Kier alpha value is -1.62. The summed E-state index contributed by atoms with van der Waals surface area (Å²) in [7, 11) is 0. The lowest BCUT2D eigenvalue weighted by atomic mass is 10.1. The van der Waals surface area contributed by atoms with Crippen LogP contribution < -0.4 is 0 Å². The van der Waals surface area contributed by atoms with Gasteiger partial charge in [-0.1, -0.05) is 0 Å². The summed E-state index contributed by atoms with van der Waals surface area (Å²) >= 11 is 1.19. The van der Waals surface area contributed by atoms with Crippen LogP contribution >= 0.6 is 11.3 Å². The van der Waals surface area contributed by atoms with Gasteiger partial charge in [0.1, 0.15) is 0 Å². The van der Waals surface area contributed by atoms with Gasteiger partial charge in [-0.15, -0.1) is 11.3 Å². The molecule has 0 amide bonds. The average molecular weight is 239 g/mol. The SMILES string of the molecule is CC(=O)c1nc(-c2ccc(F)c(F)c2)cs1. The van der Waals surface area contributed by atoms with E-state index in [4.69, 9.17) is 0 Å². The maximum Gasteiger partial charge on any atom is 0.188 e. The summed E-state index contributed by atoms with van der Waals surface area (Å²) < 4.78 is 25.7. The third-order valence-electron chi connectivity index (χ3n) is 2.02. The molecule has 0 saturated heterocycles. The highest BCUT2D eigenvalue weighted by atomic mass is 32.1. The monoisotopic (exact) mass is 239 g/mol. The van der Waals surface area contributed by atoms with Gasteiger partial charge in [0.25, 0.3) is 0 Å². The molecule has 16 heavy (non-hydrogen) atoms. The quantitative estimate of drug-likeness (QED) is 0.753. The lowest BCUT2D eigenvalue weighted by Crippen LogP contribution is -1.90. The van der Waals surface area contributed by atoms with E-state index in [1.165, 1.54) is 24.3 Å². The molecule has 1 aromatic heterocycles. The van der Waals surface area contributed by atoms with E-state index in [0.29, 0.717) is 16.3 Å². The fraction of sp³-hybridized carbons (Fsp3) is 0.0909. The normalized spacial score (nSPS) is 10.4. The number of carbonyl (C=O) groups excluding carboxylic acids is 1. The second kappa shape index (κ2) is 4.09. The zero-order valence-electron chi connectivity index (χ0n) is 8.33. The number of Topliss-reactive ketones (excluding diaryl/α,β-unsaturated/α-hetero) is 1. The number of thiazole rings is 1. The predicted octanol–water partition coefficient (Wildman–Crippen LogP) is 3.29.